The molecule has 7 nitrogen and oxygen atoms in total. The van der Waals surface area contributed by atoms with Crippen LogP contribution in [0, 0.1) is 0 Å². The zero-order valence-corrected chi connectivity index (χ0v) is 26.2. The number of aromatic nitrogens is 1. The van der Waals surface area contributed by atoms with Crippen molar-refractivity contribution in [3.05, 3.63) is 93.6 Å². The van der Waals surface area contributed by atoms with Gasteiger partial charge in [-0.2, -0.15) is 0 Å². The molecule has 3 aromatic carbocycles. The minimum atomic E-state index is 0.205. The third-order valence-corrected chi connectivity index (χ3v) is 8.59. The summed E-state index contributed by atoms with van der Waals surface area (Å²) in [6, 6.07) is 21.4. The fraction of sp³-hybridized carbons (Fsp3) is 0.382. The molecular formula is C34H39Cl2N3O4. The molecule has 0 amide bonds. The van der Waals surface area contributed by atoms with Gasteiger partial charge in [0.05, 0.1) is 25.4 Å². The Bertz CT molecular complexity index is 1470. The first-order valence-corrected chi connectivity index (χ1v) is 15.6. The van der Waals surface area contributed by atoms with Crippen LogP contribution in [0.15, 0.2) is 66.7 Å². The number of likely N-dealkylation sites (tertiary alicyclic amines) is 1. The molecule has 1 fully saturated rings. The molecule has 2 aliphatic heterocycles. The minimum absolute atomic E-state index is 0.205. The molecule has 6 rings (SSSR count). The number of H-pyrrole nitrogens is 1. The van der Waals surface area contributed by atoms with Crippen molar-refractivity contribution in [1.82, 2.24) is 14.8 Å². The van der Waals surface area contributed by atoms with Gasteiger partial charge in [-0.1, -0.05) is 35.3 Å². The van der Waals surface area contributed by atoms with Crippen LogP contribution in [-0.2, 0) is 16.0 Å². The Morgan fingerprint density at radius 1 is 0.884 bits per heavy atom. The smallest absolute Gasteiger partial charge is 0.298 e. The number of hydrogen-bond acceptors (Lipinski definition) is 6. The SMILES string of the molecule is CN1CCC(OCCCOc2ccc(C3c4[nH]c5ccc(Cl)cc5c4CCN3C)cc2)CC1.O=COc1ccc(Cl)cc1. The summed E-state index contributed by atoms with van der Waals surface area (Å²) in [5, 5.41) is 2.66. The number of carbonyl (C=O) groups is 1. The number of piperidine rings is 1. The van der Waals surface area contributed by atoms with E-state index in [2.05, 4.69) is 70.0 Å². The molecule has 43 heavy (non-hydrogen) atoms. The Balaban J connectivity index is 0.000000314. The average Bonchev–Trinajstić information content (AvgIpc) is 3.37. The van der Waals surface area contributed by atoms with Gasteiger partial charge in [0.25, 0.3) is 6.47 Å². The highest BCUT2D eigenvalue weighted by atomic mass is 35.5. The lowest BCUT2D eigenvalue weighted by Gasteiger charge is -2.33. The van der Waals surface area contributed by atoms with E-state index in [4.69, 9.17) is 32.7 Å². The van der Waals surface area contributed by atoms with Crippen LogP contribution in [0.4, 0.5) is 0 Å². The Morgan fingerprint density at radius 2 is 1.58 bits per heavy atom. The van der Waals surface area contributed by atoms with Gasteiger partial charge < -0.3 is 24.1 Å². The highest BCUT2D eigenvalue weighted by molar-refractivity contribution is 6.31. The van der Waals surface area contributed by atoms with E-state index >= 15 is 0 Å². The van der Waals surface area contributed by atoms with E-state index in [-0.39, 0.29) is 6.04 Å². The van der Waals surface area contributed by atoms with Gasteiger partial charge in [0.2, 0.25) is 0 Å². The Labute approximate surface area is 263 Å². The number of likely N-dealkylation sites (N-methyl/N-ethyl adjacent to an activating group) is 1. The molecule has 0 aliphatic carbocycles. The van der Waals surface area contributed by atoms with Crippen molar-refractivity contribution < 1.29 is 19.0 Å². The van der Waals surface area contributed by atoms with Crippen molar-refractivity contribution in [1.29, 1.82) is 0 Å². The predicted octanol–water partition coefficient (Wildman–Crippen LogP) is 7.15. The number of hydrogen-bond donors (Lipinski definition) is 1. The Hall–Kier alpha value is -3.07. The largest absolute Gasteiger partial charge is 0.494 e. The summed E-state index contributed by atoms with van der Waals surface area (Å²) in [4.78, 5) is 18.3. The first-order chi connectivity index (χ1) is 20.9. The Kier molecular flexibility index (Phi) is 11.0. The summed E-state index contributed by atoms with van der Waals surface area (Å²) in [5.74, 6) is 1.42. The minimum Gasteiger partial charge on any atom is -0.494 e. The summed E-state index contributed by atoms with van der Waals surface area (Å²) in [7, 11) is 4.37. The molecule has 1 saturated heterocycles. The van der Waals surface area contributed by atoms with Gasteiger partial charge in [-0.05, 0) is 99.1 Å². The number of benzene rings is 3. The van der Waals surface area contributed by atoms with E-state index in [9.17, 15) is 4.79 Å². The number of ether oxygens (including phenoxy) is 3. The van der Waals surface area contributed by atoms with Gasteiger partial charge in [-0.15, -0.1) is 0 Å². The van der Waals surface area contributed by atoms with Crippen LogP contribution in [0.5, 0.6) is 11.5 Å². The van der Waals surface area contributed by atoms with Crippen LogP contribution < -0.4 is 9.47 Å². The highest BCUT2D eigenvalue weighted by Gasteiger charge is 2.29. The third kappa shape index (κ3) is 8.31. The third-order valence-electron chi connectivity index (χ3n) is 8.10. The fourth-order valence-electron chi connectivity index (χ4n) is 5.77. The van der Waals surface area contributed by atoms with Crippen LogP contribution in [0.2, 0.25) is 10.0 Å². The van der Waals surface area contributed by atoms with Crippen molar-refractivity contribution >= 4 is 40.6 Å². The topological polar surface area (TPSA) is 67.0 Å². The maximum Gasteiger partial charge on any atom is 0.298 e. The molecule has 228 valence electrons. The fourth-order valence-corrected chi connectivity index (χ4v) is 6.07. The van der Waals surface area contributed by atoms with Crippen LogP contribution in [-0.4, -0.2) is 74.3 Å². The van der Waals surface area contributed by atoms with Crippen molar-refractivity contribution in [3.8, 4) is 11.5 Å². The van der Waals surface area contributed by atoms with Gasteiger partial charge in [0, 0.05) is 52.7 Å². The summed E-state index contributed by atoms with van der Waals surface area (Å²) in [6.45, 7) is 5.12. The second kappa shape index (κ2) is 15.1. The highest BCUT2D eigenvalue weighted by Crippen LogP contribution is 2.38. The standard InChI is InChI=1S/C27H34ClN3O2.C7H5ClO2/c1-30-13-10-22(11-14-30)33-17-3-16-32-21-7-4-19(5-8-21)27-26-23(12-15-31(27)2)24-18-20(28)6-9-25(24)29-26;8-6-1-3-7(4-2-6)10-5-9/h4-9,18,22,27,29H,3,10-17H2,1-2H3;1-5H. The molecule has 1 atom stereocenters. The molecule has 0 radical (unpaired) electrons. The van der Waals surface area contributed by atoms with Gasteiger partial charge >= 0.3 is 0 Å². The molecule has 0 bridgehead atoms. The van der Waals surface area contributed by atoms with E-state index in [0.717, 1.165) is 68.2 Å². The van der Waals surface area contributed by atoms with Crippen molar-refractivity contribution in [3.63, 3.8) is 0 Å². The van der Waals surface area contributed by atoms with Crippen molar-refractivity contribution in [2.24, 2.45) is 0 Å². The van der Waals surface area contributed by atoms with Gasteiger partial charge in [-0.25, -0.2) is 0 Å². The molecule has 1 unspecified atom stereocenters. The van der Waals surface area contributed by atoms with Gasteiger partial charge in [0.15, 0.2) is 0 Å². The van der Waals surface area contributed by atoms with Crippen LogP contribution in [0.3, 0.4) is 0 Å². The van der Waals surface area contributed by atoms with Crippen molar-refractivity contribution in [2.75, 3.05) is 46.9 Å². The number of nitrogens with zero attached hydrogens (tertiary/aromatic N) is 2. The number of carbonyl (C=O) groups excluding carboxylic acids is 1. The zero-order chi connectivity index (χ0) is 30.2. The monoisotopic (exact) mass is 623 g/mol. The number of rotatable bonds is 9. The second-order valence-corrected chi connectivity index (χ2v) is 12.0. The first kappa shape index (κ1) is 31.4. The molecule has 4 aromatic rings. The normalized spacial score (nSPS) is 17.6. The number of nitrogens with one attached hydrogen (secondary N) is 1. The van der Waals surface area contributed by atoms with Crippen LogP contribution >= 0.6 is 23.2 Å². The maximum atomic E-state index is 9.80. The number of aromatic amines is 1. The summed E-state index contributed by atoms with van der Waals surface area (Å²) < 4.78 is 16.5. The lowest BCUT2D eigenvalue weighted by Crippen LogP contribution is -2.34. The maximum absolute atomic E-state index is 9.80. The quantitative estimate of drug-likeness (QED) is 0.158. The summed E-state index contributed by atoms with van der Waals surface area (Å²) in [6.07, 6.45) is 4.64. The van der Waals surface area contributed by atoms with Crippen molar-refractivity contribution in [2.45, 2.75) is 37.8 Å². The average molecular weight is 625 g/mol. The lowest BCUT2D eigenvalue weighted by molar-refractivity contribution is -0.120. The molecule has 0 saturated carbocycles. The van der Waals surface area contributed by atoms with E-state index in [1.54, 1.807) is 24.3 Å². The Morgan fingerprint density at radius 3 is 2.30 bits per heavy atom. The first-order valence-electron chi connectivity index (χ1n) is 14.8. The molecule has 3 heterocycles. The predicted molar refractivity (Wildman–Crippen MR) is 173 cm³/mol. The molecule has 1 N–H and O–H groups in total. The summed E-state index contributed by atoms with van der Waals surface area (Å²) >= 11 is 11.8. The van der Waals surface area contributed by atoms with E-state index in [1.165, 1.54) is 22.2 Å². The lowest BCUT2D eigenvalue weighted by atomic mass is 9.93. The van der Waals surface area contributed by atoms with Crippen LogP contribution in [0.1, 0.15) is 42.1 Å². The van der Waals surface area contributed by atoms with Gasteiger partial charge in [0.1, 0.15) is 11.5 Å². The number of fused-ring (bicyclic) bond motifs is 3. The molecular weight excluding hydrogens is 585 g/mol. The molecule has 2 aliphatic rings. The molecule has 9 heteroatoms. The molecule has 0 spiro atoms. The van der Waals surface area contributed by atoms with Gasteiger partial charge in [-0.3, -0.25) is 9.69 Å². The zero-order valence-electron chi connectivity index (χ0n) is 24.7. The van der Waals surface area contributed by atoms with E-state index < -0.39 is 0 Å². The summed E-state index contributed by atoms with van der Waals surface area (Å²) in [5.41, 5.74) is 5.10. The van der Waals surface area contributed by atoms with E-state index in [1.807, 2.05) is 6.07 Å². The second-order valence-electron chi connectivity index (χ2n) is 11.2. The van der Waals surface area contributed by atoms with E-state index in [0.29, 0.717) is 30.0 Å². The number of halogens is 2. The molecule has 1 aromatic heterocycles. The van der Waals surface area contributed by atoms with Crippen LogP contribution in [0.25, 0.3) is 10.9 Å².